The van der Waals surface area contributed by atoms with Gasteiger partial charge in [0.1, 0.15) is 10.4 Å². The Kier molecular flexibility index (Phi) is 3.59. The second-order valence-electron chi connectivity index (χ2n) is 4.34. The van der Waals surface area contributed by atoms with Gasteiger partial charge < -0.3 is 9.80 Å². The summed E-state index contributed by atoms with van der Waals surface area (Å²) in [6.07, 6.45) is 3.56. The van der Waals surface area contributed by atoms with Crippen molar-refractivity contribution in [1.82, 2.24) is 15.0 Å². The molecule has 0 spiro atoms. The van der Waals surface area contributed by atoms with E-state index in [1.165, 1.54) is 0 Å². The molecule has 0 aromatic carbocycles. The van der Waals surface area contributed by atoms with Crippen LogP contribution >= 0.6 is 15.9 Å². The van der Waals surface area contributed by atoms with Crippen LogP contribution in [0.4, 0.5) is 11.8 Å². The Balaban J connectivity index is 1.67. The molecule has 98 valence electrons. The third-order valence-electron chi connectivity index (χ3n) is 3.14. The summed E-state index contributed by atoms with van der Waals surface area (Å²) in [6, 6.07) is 7.83. The average Bonchev–Trinajstić information content (AvgIpc) is 2.48. The molecule has 5 nitrogen and oxygen atoms in total. The summed E-state index contributed by atoms with van der Waals surface area (Å²) in [5.41, 5.74) is 0. The van der Waals surface area contributed by atoms with Crippen molar-refractivity contribution in [1.29, 1.82) is 0 Å². The molecule has 1 saturated heterocycles. The van der Waals surface area contributed by atoms with Crippen molar-refractivity contribution in [3.8, 4) is 0 Å². The lowest BCUT2D eigenvalue weighted by molar-refractivity contribution is 0.634. The highest BCUT2D eigenvalue weighted by molar-refractivity contribution is 9.10. The maximum Gasteiger partial charge on any atom is 0.225 e. The van der Waals surface area contributed by atoms with E-state index in [4.69, 9.17) is 0 Å². The fraction of sp³-hybridized carbons (Fsp3) is 0.308. The molecule has 1 aliphatic rings. The van der Waals surface area contributed by atoms with Gasteiger partial charge in [-0.25, -0.2) is 15.0 Å². The average molecular weight is 320 g/mol. The summed E-state index contributed by atoms with van der Waals surface area (Å²) in [7, 11) is 0. The molecule has 0 saturated carbocycles. The number of nitrogens with zero attached hydrogens (tertiary/aromatic N) is 5. The Morgan fingerprint density at radius 3 is 2.26 bits per heavy atom. The molecule has 19 heavy (non-hydrogen) atoms. The highest BCUT2D eigenvalue weighted by Crippen LogP contribution is 2.18. The van der Waals surface area contributed by atoms with Crippen molar-refractivity contribution < 1.29 is 0 Å². The predicted octanol–water partition coefficient (Wildman–Crippen LogP) is 1.96. The summed E-state index contributed by atoms with van der Waals surface area (Å²) in [6.45, 7) is 3.69. The van der Waals surface area contributed by atoms with E-state index < -0.39 is 0 Å². The van der Waals surface area contributed by atoms with E-state index in [1.807, 2.05) is 24.3 Å². The van der Waals surface area contributed by atoms with Crippen LogP contribution in [0.15, 0.2) is 41.3 Å². The Bertz CT molecular complexity index is 540. The number of halogens is 1. The number of hydrogen-bond acceptors (Lipinski definition) is 5. The number of pyridine rings is 1. The van der Waals surface area contributed by atoms with E-state index in [0.29, 0.717) is 0 Å². The molecule has 3 heterocycles. The summed E-state index contributed by atoms with van der Waals surface area (Å²) in [4.78, 5) is 17.5. The second kappa shape index (κ2) is 5.52. The van der Waals surface area contributed by atoms with Crippen LogP contribution in [0.2, 0.25) is 0 Å². The first kappa shape index (κ1) is 12.3. The Morgan fingerprint density at radius 2 is 1.58 bits per heavy atom. The third kappa shape index (κ3) is 2.84. The van der Waals surface area contributed by atoms with Gasteiger partial charge in [-0.1, -0.05) is 6.07 Å². The van der Waals surface area contributed by atoms with Crippen molar-refractivity contribution in [2.45, 2.75) is 0 Å². The van der Waals surface area contributed by atoms with Gasteiger partial charge in [0, 0.05) is 38.6 Å². The quantitative estimate of drug-likeness (QED) is 0.792. The minimum atomic E-state index is 0.810. The summed E-state index contributed by atoms with van der Waals surface area (Å²) >= 11 is 3.41. The minimum absolute atomic E-state index is 0.810. The minimum Gasteiger partial charge on any atom is -0.353 e. The Hall–Kier alpha value is -1.69. The maximum absolute atomic E-state index is 4.49. The molecule has 1 aliphatic heterocycles. The molecule has 0 atom stereocenters. The molecule has 0 amide bonds. The normalized spacial score (nSPS) is 15.6. The van der Waals surface area contributed by atoms with Crippen LogP contribution in [-0.4, -0.2) is 41.1 Å². The van der Waals surface area contributed by atoms with Crippen LogP contribution in [0.25, 0.3) is 0 Å². The molecule has 0 unspecified atom stereocenters. The molecular weight excluding hydrogens is 306 g/mol. The fourth-order valence-corrected chi connectivity index (χ4v) is 2.50. The van der Waals surface area contributed by atoms with Crippen LogP contribution in [-0.2, 0) is 0 Å². The van der Waals surface area contributed by atoms with Crippen LogP contribution in [0.1, 0.15) is 0 Å². The van der Waals surface area contributed by atoms with E-state index in [9.17, 15) is 0 Å². The van der Waals surface area contributed by atoms with Gasteiger partial charge in [-0.15, -0.1) is 0 Å². The van der Waals surface area contributed by atoms with Crippen LogP contribution < -0.4 is 9.80 Å². The lowest BCUT2D eigenvalue weighted by Gasteiger charge is -2.35. The van der Waals surface area contributed by atoms with Gasteiger partial charge in [0.15, 0.2) is 0 Å². The molecular formula is C13H14BrN5. The van der Waals surface area contributed by atoms with Crippen LogP contribution in [0.5, 0.6) is 0 Å². The molecule has 0 bridgehead atoms. The second-order valence-corrected chi connectivity index (χ2v) is 5.15. The maximum atomic E-state index is 4.49. The number of piperazine rings is 1. The van der Waals surface area contributed by atoms with Crippen molar-refractivity contribution in [3.05, 3.63) is 41.3 Å². The van der Waals surface area contributed by atoms with Crippen molar-refractivity contribution >= 4 is 27.7 Å². The first-order valence-electron chi connectivity index (χ1n) is 6.22. The van der Waals surface area contributed by atoms with E-state index >= 15 is 0 Å². The van der Waals surface area contributed by atoms with Gasteiger partial charge in [0.25, 0.3) is 0 Å². The van der Waals surface area contributed by atoms with Crippen LogP contribution in [0.3, 0.4) is 0 Å². The monoisotopic (exact) mass is 319 g/mol. The SMILES string of the molecule is Brc1cccc(N2CCN(c3ncccn3)CC2)n1. The van der Waals surface area contributed by atoms with Gasteiger partial charge in [-0.3, -0.25) is 0 Å². The Morgan fingerprint density at radius 1 is 0.895 bits per heavy atom. The summed E-state index contributed by atoms with van der Waals surface area (Å²) in [5.74, 6) is 1.83. The smallest absolute Gasteiger partial charge is 0.225 e. The molecule has 1 fully saturated rings. The molecule has 2 aromatic rings. The van der Waals surface area contributed by atoms with E-state index in [2.05, 4.69) is 40.7 Å². The lowest BCUT2D eigenvalue weighted by Crippen LogP contribution is -2.47. The van der Waals surface area contributed by atoms with Crippen molar-refractivity contribution in [2.75, 3.05) is 36.0 Å². The topological polar surface area (TPSA) is 45.2 Å². The first-order valence-corrected chi connectivity index (χ1v) is 7.02. The van der Waals surface area contributed by atoms with E-state index in [1.54, 1.807) is 12.4 Å². The van der Waals surface area contributed by atoms with E-state index in [-0.39, 0.29) is 0 Å². The number of aromatic nitrogens is 3. The summed E-state index contributed by atoms with van der Waals surface area (Å²) in [5, 5.41) is 0. The number of anilines is 2. The molecule has 0 N–H and O–H groups in total. The zero-order valence-corrected chi connectivity index (χ0v) is 12.0. The number of rotatable bonds is 2. The molecule has 2 aromatic heterocycles. The van der Waals surface area contributed by atoms with Gasteiger partial charge in [-0.2, -0.15) is 0 Å². The zero-order chi connectivity index (χ0) is 13.1. The van der Waals surface area contributed by atoms with Crippen molar-refractivity contribution in [3.63, 3.8) is 0 Å². The molecule has 0 aliphatic carbocycles. The highest BCUT2D eigenvalue weighted by atomic mass is 79.9. The largest absolute Gasteiger partial charge is 0.353 e. The first-order chi connectivity index (χ1) is 9.33. The highest BCUT2D eigenvalue weighted by Gasteiger charge is 2.19. The van der Waals surface area contributed by atoms with E-state index in [0.717, 1.165) is 42.5 Å². The molecule has 6 heteroatoms. The van der Waals surface area contributed by atoms with Crippen molar-refractivity contribution in [2.24, 2.45) is 0 Å². The number of hydrogen-bond donors (Lipinski definition) is 0. The van der Waals surface area contributed by atoms with Gasteiger partial charge >= 0.3 is 0 Å². The van der Waals surface area contributed by atoms with Gasteiger partial charge in [-0.05, 0) is 34.1 Å². The lowest BCUT2D eigenvalue weighted by atomic mass is 10.3. The van der Waals surface area contributed by atoms with Crippen LogP contribution in [0, 0.1) is 0 Å². The standard InChI is InChI=1S/C13H14BrN5/c14-11-3-1-4-12(17-11)18-7-9-19(10-8-18)13-15-5-2-6-16-13/h1-6H,7-10H2. The van der Waals surface area contributed by atoms with Gasteiger partial charge in [0.05, 0.1) is 0 Å². The molecule has 0 radical (unpaired) electrons. The van der Waals surface area contributed by atoms with Gasteiger partial charge in [0.2, 0.25) is 5.95 Å². The third-order valence-corrected chi connectivity index (χ3v) is 3.58. The molecule has 3 rings (SSSR count). The predicted molar refractivity (Wildman–Crippen MR) is 78.4 cm³/mol. The fourth-order valence-electron chi connectivity index (χ4n) is 2.16. The Labute approximate surface area is 120 Å². The zero-order valence-electron chi connectivity index (χ0n) is 10.4. The summed E-state index contributed by atoms with van der Waals surface area (Å²) < 4.78 is 0.874.